The summed E-state index contributed by atoms with van der Waals surface area (Å²) in [7, 11) is 0. The number of rotatable bonds is 2. The Labute approximate surface area is 190 Å². The molecule has 3 fully saturated rings. The summed E-state index contributed by atoms with van der Waals surface area (Å²) in [5.41, 5.74) is 0.928. The lowest BCUT2D eigenvalue weighted by molar-refractivity contribution is -0.136. The predicted octanol–water partition coefficient (Wildman–Crippen LogP) is 0.881. The van der Waals surface area contributed by atoms with Crippen LogP contribution in [0.5, 0.6) is 0 Å². The quantitative estimate of drug-likeness (QED) is 0.515. The maximum atomic E-state index is 12.9. The molecule has 3 aliphatic heterocycles. The number of fused-ring (bicyclic) bond motifs is 2. The van der Waals surface area contributed by atoms with Crippen LogP contribution in [0.2, 0.25) is 0 Å². The number of imide groups is 2. The summed E-state index contributed by atoms with van der Waals surface area (Å²) in [6, 6.07) is 3.58. The molecule has 1 aromatic carbocycles. The summed E-state index contributed by atoms with van der Waals surface area (Å²) in [4.78, 5) is 64.3. The molecule has 1 saturated carbocycles. The first-order valence-electron chi connectivity index (χ1n) is 11.3. The van der Waals surface area contributed by atoms with E-state index in [1.165, 1.54) is 31.4 Å². The lowest BCUT2D eigenvalue weighted by Crippen LogP contribution is -2.54. The van der Waals surface area contributed by atoms with Crippen LogP contribution in [-0.2, 0) is 9.59 Å². The first kappa shape index (κ1) is 21.2. The van der Waals surface area contributed by atoms with Crippen LogP contribution in [-0.4, -0.2) is 65.1 Å². The molecule has 3 atom stereocenters. The van der Waals surface area contributed by atoms with Crippen molar-refractivity contribution < 1.29 is 24.0 Å². The van der Waals surface area contributed by atoms with E-state index in [0.717, 1.165) is 18.0 Å². The summed E-state index contributed by atoms with van der Waals surface area (Å²) in [6.45, 7) is 1.81. The van der Waals surface area contributed by atoms with Crippen molar-refractivity contribution in [2.75, 3.05) is 19.6 Å². The molecule has 0 aromatic heterocycles. The van der Waals surface area contributed by atoms with Gasteiger partial charge in [0.1, 0.15) is 6.04 Å². The highest BCUT2D eigenvalue weighted by molar-refractivity contribution is 6.23. The molecule has 9 nitrogen and oxygen atoms in total. The minimum atomic E-state index is -0.995. The first-order valence-corrected chi connectivity index (χ1v) is 11.3. The van der Waals surface area contributed by atoms with Gasteiger partial charge in [0.2, 0.25) is 11.8 Å². The number of hydrogen-bond acceptors (Lipinski definition) is 5. The van der Waals surface area contributed by atoms with Crippen molar-refractivity contribution in [3.8, 4) is 11.8 Å². The van der Waals surface area contributed by atoms with Gasteiger partial charge in [0.05, 0.1) is 17.7 Å². The fourth-order valence-corrected chi connectivity index (χ4v) is 5.33. The maximum absolute atomic E-state index is 12.9. The third-order valence-electron chi connectivity index (χ3n) is 7.01. The van der Waals surface area contributed by atoms with E-state index >= 15 is 0 Å². The minimum absolute atomic E-state index is 0.0744. The molecule has 1 aromatic rings. The topological polar surface area (TPSA) is 116 Å². The van der Waals surface area contributed by atoms with Crippen molar-refractivity contribution in [2.24, 2.45) is 11.8 Å². The summed E-state index contributed by atoms with van der Waals surface area (Å²) < 4.78 is 0. The highest BCUT2D eigenvalue weighted by Crippen LogP contribution is 2.37. The molecule has 0 spiro atoms. The number of carbonyl (C=O) groups excluding carboxylic acids is 5. The number of piperidine rings is 1. The van der Waals surface area contributed by atoms with Crippen LogP contribution >= 0.6 is 0 Å². The molecule has 33 heavy (non-hydrogen) atoms. The minimum Gasteiger partial charge on any atom is -0.327 e. The van der Waals surface area contributed by atoms with E-state index in [9.17, 15) is 24.0 Å². The van der Waals surface area contributed by atoms with Crippen LogP contribution in [0.4, 0.5) is 4.79 Å². The second kappa shape index (κ2) is 8.35. The lowest BCUT2D eigenvalue weighted by Gasteiger charge is -2.27. The number of likely N-dealkylation sites (tertiary alicyclic amines) is 1. The van der Waals surface area contributed by atoms with Gasteiger partial charge in [-0.05, 0) is 49.3 Å². The Bertz CT molecular complexity index is 1120. The third kappa shape index (κ3) is 3.86. The fourth-order valence-electron chi connectivity index (χ4n) is 5.33. The SMILES string of the molecule is O=C1CCC(N2C(=O)c3ccc(C#CCNC(=O)N4C[C@H]5CCC[C@H]5C4)cc3C2=O)C(=O)N1. The van der Waals surface area contributed by atoms with Crippen molar-refractivity contribution in [2.45, 2.75) is 38.1 Å². The van der Waals surface area contributed by atoms with E-state index in [-0.39, 0.29) is 36.5 Å². The summed E-state index contributed by atoms with van der Waals surface area (Å²) in [5, 5.41) is 5.00. The standard InChI is InChI=1S/C24H24N4O5/c29-20-9-8-19(21(30)26-20)28-22(31)17-7-6-14(11-18(17)23(28)32)3-2-10-25-24(33)27-12-15-4-1-5-16(15)13-27/h6-7,11,15-16,19H,1,4-5,8-10,12-13H2,(H,25,33)(H,26,29,30)/t15-,16+,19?. The van der Waals surface area contributed by atoms with E-state index in [0.29, 0.717) is 17.4 Å². The molecular formula is C24H24N4O5. The van der Waals surface area contributed by atoms with Crippen LogP contribution in [0.15, 0.2) is 18.2 Å². The second-order valence-electron chi connectivity index (χ2n) is 9.02. The van der Waals surface area contributed by atoms with Gasteiger partial charge in [-0.1, -0.05) is 18.3 Å². The summed E-state index contributed by atoms with van der Waals surface area (Å²) >= 11 is 0. The summed E-state index contributed by atoms with van der Waals surface area (Å²) in [6.07, 6.45) is 3.85. The molecule has 2 N–H and O–H groups in total. The van der Waals surface area contributed by atoms with Crippen LogP contribution in [0, 0.1) is 23.7 Å². The number of urea groups is 1. The predicted molar refractivity (Wildman–Crippen MR) is 116 cm³/mol. The fraction of sp³-hybridized carbons (Fsp3) is 0.458. The Morgan fingerprint density at radius 2 is 1.76 bits per heavy atom. The highest BCUT2D eigenvalue weighted by Gasteiger charge is 2.44. The van der Waals surface area contributed by atoms with E-state index in [2.05, 4.69) is 22.5 Å². The zero-order valence-corrected chi connectivity index (χ0v) is 18.1. The Hall–Kier alpha value is -3.67. The average Bonchev–Trinajstić information content (AvgIpc) is 3.46. The molecule has 1 unspecified atom stereocenters. The van der Waals surface area contributed by atoms with Crippen molar-refractivity contribution in [3.05, 3.63) is 34.9 Å². The molecule has 9 heteroatoms. The van der Waals surface area contributed by atoms with Crippen LogP contribution in [0.1, 0.15) is 58.4 Å². The van der Waals surface area contributed by atoms with Crippen molar-refractivity contribution in [1.82, 2.24) is 20.4 Å². The molecule has 1 aliphatic carbocycles. The lowest BCUT2D eigenvalue weighted by atomic mass is 10.0. The first-order chi connectivity index (χ1) is 15.9. The number of carbonyl (C=O) groups is 5. The van der Waals surface area contributed by atoms with Gasteiger partial charge in [-0.25, -0.2) is 4.79 Å². The van der Waals surface area contributed by atoms with Crippen molar-refractivity contribution >= 4 is 29.7 Å². The largest absolute Gasteiger partial charge is 0.327 e. The van der Waals surface area contributed by atoms with E-state index < -0.39 is 29.7 Å². The van der Waals surface area contributed by atoms with Gasteiger partial charge >= 0.3 is 6.03 Å². The van der Waals surface area contributed by atoms with Crippen molar-refractivity contribution in [1.29, 1.82) is 0 Å². The zero-order valence-electron chi connectivity index (χ0n) is 18.1. The van der Waals surface area contributed by atoms with E-state index in [1.807, 2.05) is 4.90 Å². The molecule has 4 aliphatic rings. The van der Waals surface area contributed by atoms with Gasteiger partial charge in [-0.3, -0.25) is 29.4 Å². The van der Waals surface area contributed by atoms with Gasteiger partial charge < -0.3 is 10.2 Å². The second-order valence-corrected chi connectivity index (χ2v) is 9.02. The molecule has 2 saturated heterocycles. The van der Waals surface area contributed by atoms with Crippen molar-refractivity contribution in [3.63, 3.8) is 0 Å². The average molecular weight is 448 g/mol. The van der Waals surface area contributed by atoms with Crippen LogP contribution in [0.3, 0.4) is 0 Å². The van der Waals surface area contributed by atoms with Gasteiger partial charge in [0.15, 0.2) is 0 Å². The van der Waals surface area contributed by atoms with Gasteiger partial charge in [-0.15, -0.1) is 0 Å². The Morgan fingerprint density at radius 1 is 1.03 bits per heavy atom. The molecule has 0 radical (unpaired) electrons. The Kier molecular flexibility index (Phi) is 5.36. The maximum Gasteiger partial charge on any atom is 0.318 e. The highest BCUT2D eigenvalue weighted by atomic mass is 16.2. The molecular weight excluding hydrogens is 424 g/mol. The van der Waals surface area contributed by atoms with Crippen LogP contribution in [0.25, 0.3) is 0 Å². The smallest absolute Gasteiger partial charge is 0.318 e. The van der Waals surface area contributed by atoms with Crippen LogP contribution < -0.4 is 10.6 Å². The molecule has 3 heterocycles. The van der Waals surface area contributed by atoms with Gasteiger partial charge in [0.25, 0.3) is 11.8 Å². The van der Waals surface area contributed by atoms with Gasteiger partial charge in [-0.2, -0.15) is 0 Å². The number of amides is 6. The monoisotopic (exact) mass is 448 g/mol. The van der Waals surface area contributed by atoms with E-state index in [4.69, 9.17) is 0 Å². The molecule has 6 amide bonds. The number of nitrogens with zero attached hydrogens (tertiary/aromatic N) is 2. The molecule has 5 rings (SSSR count). The number of hydrogen-bond donors (Lipinski definition) is 2. The molecule has 170 valence electrons. The number of nitrogens with one attached hydrogen (secondary N) is 2. The molecule has 0 bridgehead atoms. The summed E-state index contributed by atoms with van der Waals surface area (Å²) in [5.74, 6) is 4.90. The normalized spacial score (nSPS) is 26.0. The Balaban J connectivity index is 1.21. The van der Waals surface area contributed by atoms with Gasteiger partial charge in [0, 0.05) is 25.1 Å². The number of benzene rings is 1. The zero-order chi connectivity index (χ0) is 23.1. The van der Waals surface area contributed by atoms with E-state index in [1.54, 1.807) is 6.07 Å². The third-order valence-corrected chi connectivity index (χ3v) is 7.01. The Morgan fingerprint density at radius 3 is 2.48 bits per heavy atom.